The van der Waals surface area contributed by atoms with Gasteiger partial charge in [0.15, 0.2) is 0 Å². The summed E-state index contributed by atoms with van der Waals surface area (Å²) in [5.74, 6) is -0.337. The number of halogens is 1. The van der Waals surface area contributed by atoms with Crippen molar-refractivity contribution >= 4 is 35.0 Å². The van der Waals surface area contributed by atoms with E-state index in [0.29, 0.717) is 29.3 Å². The smallest absolute Gasteiger partial charge is 0.255 e. The van der Waals surface area contributed by atoms with Crippen molar-refractivity contribution < 1.29 is 18.7 Å². The molecule has 0 radical (unpaired) electrons. The Kier molecular flexibility index (Phi) is 8.36. The molecule has 5 nitrogen and oxygen atoms in total. The highest BCUT2D eigenvalue weighted by atomic mass is 32.2. The molecule has 2 N–H and O–H groups in total. The highest BCUT2D eigenvalue weighted by molar-refractivity contribution is 8.00. The Labute approximate surface area is 213 Å². The first kappa shape index (κ1) is 25.0. The third kappa shape index (κ3) is 6.52. The molecule has 0 aliphatic rings. The first-order valence-corrected chi connectivity index (χ1v) is 12.3. The Hall–Kier alpha value is -4.10. The summed E-state index contributed by atoms with van der Waals surface area (Å²) in [6.45, 7) is 2.38. The van der Waals surface area contributed by atoms with Gasteiger partial charge in [-0.2, -0.15) is 0 Å². The highest BCUT2D eigenvalue weighted by Crippen LogP contribution is 2.38. The summed E-state index contributed by atoms with van der Waals surface area (Å²) in [7, 11) is 0. The van der Waals surface area contributed by atoms with Crippen molar-refractivity contribution in [3.8, 4) is 5.75 Å². The van der Waals surface area contributed by atoms with Crippen LogP contribution in [0.4, 0.5) is 15.8 Å². The first-order chi connectivity index (χ1) is 17.5. The number of ether oxygens (including phenoxy) is 1. The number of hydrogen-bond donors (Lipinski definition) is 2. The Morgan fingerprint density at radius 2 is 1.58 bits per heavy atom. The van der Waals surface area contributed by atoms with Gasteiger partial charge in [0.25, 0.3) is 5.91 Å². The Morgan fingerprint density at radius 3 is 2.33 bits per heavy atom. The van der Waals surface area contributed by atoms with E-state index in [4.69, 9.17) is 4.74 Å². The van der Waals surface area contributed by atoms with Crippen molar-refractivity contribution in [1.29, 1.82) is 0 Å². The van der Waals surface area contributed by atoms with E-state index in [2.05, 4.69) is 10.6 Å². The molecule has 0 spiro atoms. The number of hydrogen-bond acceptors (Lipinski definition) is 4. The molecule has 0 saturated heterocycles. The van der Waals surface area contributed by atoms with E-state index in [0.717, 1.165) is 10.5 Å². The number of amides is 2. The molecular weight excluding hydrogens is 475 g/mol. The molecule has 0 saturated carbocycles. The molecule has 1 atom stereocenters. The molecule has 4 aromatic carbocycles. The Morgan fingerprint density at radius 1 is 0.861 bits per heavy atom. The van der Waals surface area contributed by atoms with Crippen LogP contribution in [0.25, 0.3) is 0 Å². The van der Waals surface area contributed by atoms with Crippen LogP contribution in [0, 0.1) is 5.82 Å². The van der Waals surface area contributed by atoms with Crippen LogP contribution in [0.2, 0.25) is 0 Å². The van der Waals surface area contributed by atoms with E-state index in [-0.39, 0.29) is 11.8 Å². The normalized spacial score (nSPS) is 11.4. The summed E-state index contributed by atoms with van der Waals surface area (Å²) in [6.07, 6.45) is 0. The third-order valence-electron chi connectivity index (χ3n) is 5.24. The van der Waals surface area contributed by atoms with Gasteiger partial charge in [-0.3, -0.25) is 9.59 Å². The summed E-state index contributed by atoms with van der Waals surface area (Å²) < 4.78 is 18.8. The van der Waals surface area contributed by atoms with E-state index >= 15 is 0 Å². The maximum absolute atomic E-state index is 13.5. The van der Waals surface area contributed by atoms with Crippen molar-refractivity contribution in [2.75, 3.05) is 17.2 Å². The number of carbonyl (C=O) groups excluding carboxylic acids is 2. The quantitative estimate of drug-likeness (QED) is 0.244. The predicted octanol–water partition coefficient (Wildman–Crippen LogP) is 6.95. The first-order valence-electron chi connectivity index (χ1n) is 11.4. The largest absolute Gasteiger partial charge is 0.492 e. The van der Waals surface area contributed by atoms with Gasteiger partial charge < -0.3 is 15.4 Å². The van der Waals surface area contributed by atoms with Crippen molar-refractivity contribution in [2.45, 2.75) is 17.1 Å². The summed E-state index contributed by atoms with van der Waals surface area (Å²) in [6, 6.07) is 29.4. The molecule has 1 unspecified atom stereocenters. The van der Waals surface area contributed by atoms with Crippen LogP contribution in [-0.4, -0.2) is 18.4 Å². The lowest BCUT2D eigenvalue weighted by Crippen LogP contribution is -2.19. The number of thioether (sulfide) groups is 1. The molecule has 0 aromatic heterocycles. The second-order valence-corrected chi connectivity index (χ2v) is 8.99. The molecule has 0 bridgehead atoms. The molecule has 0 aliphatic heterocycles. The van der Waals surface area contributed by atoms with Crippen molar-refractivity contribution in [2.24, 2.45) is 0 Å². The Bertz CT molecular complexity index is 1330. The second-order valence-electron chi connectivity index (χ2n) is 7.82. The fraction of sp³-hybridized carbons (Fsp3) is 0.103. The van der Waals surface area contributed by atoms with Gasteiger partial charge in [0.2, 0.25) is 5.91 Å². The van der Waals surface area contributed by atoms with E-state index in [9.17, 15) is 14.0 Å². The van der Waals surface area contributed by atoms with Crippen LogP contribution in [0.3, 0.4) is 0 Å². The molecule has 0 heterocycles. The van der Waals surface area contributed by atoms with Crippen LogP contribution in [0.5, 0.6) is 5.75 Å². The minimum Gasteiger partial charge on any atom is -0.492 e. The zero-order valence-electron chi connectivity index (χ0n) is 19.6. The lowest BCUT2D eigenvalue weighted by molar-refractivity contribution is -0.115. The van der Waals surface area contributed by atoms with Crippen molar-refractivity contribution in [1.82, 2.24) is 0 Å². The molecule has 2 amide bonds. The average molecular weight is 501 g/mol. The molecular formula is C29H25FN2O3S. The number of para-hydroxylation sites is 2. The monoisotopic (exact) mass is 500 g/mol. The molecule has 7 heteroatoms. The van der Waals surface area contributed by atoms with Crippen LogP contribution >= 0.6 is 11.8 Å². The molecule has 0 fully saturated rings. The van der Waals surface area contributed by atoms with Gasteiger partial charge in [-0.25, -0.2) is 4.39 Å². The zero-order chi connectivity index (χ0) is 25.3. The predicted molar refractivity (Wildman–Crippen MR) is 142 cm³/mol. The summed E-state index contributed by atoms with van der Waals surface area (Å²) in [5, 5.41) is 5.28. The minimum atomic E-state index is -0.552. The molecule has 0 aliphatic carbocycles. The van der Waals surface area contributed by atoms with Crippen LogP contribution in [0.15, 0.2) is 108 Å². The molecule has 36 heavy (non-hydrogen) atoms. The zero-order valence-corrected chi connectivity index (χ0v) is 20.4. The van der Waals surface area contributed by atoms with Gasteiger partial charge in [0, 0.05) is 16.1 Å². The van der Waals surface area contributed by atoms with Gasteiger partial charge in [-0.15, -0.1) is 11.8 Å². The lowest BCUT2D eigenvalue weighted by atomic mass is 10.1. The van der Waals surface area contributed by atoms with Gasteiger partial charge in [0.05, 0.1) is 12.3 Å². The van der Waals surface area contributed by atoms with Gasteiger partial charge in [-0.1, -0.05) is 48.5 Å². The summed E-state index contributed by atoms with van der Waals surface area (Å²) in [5.41, 5.74) is 2.37. The number of nitrogens with one attached hydrogen (secondary N) is 2. The Balaban J connectivity index is 1.55. The fourth-order valence-corrected chi connectivity index (χ4v) is 4.62. The van der Waals surface area contributed by atoms with Crippen molar-refractivity contribution in [3.63, 3.8) is 0 Å². The van der Waals surface area contributed by atoms with E-state index in [1.54, 1.807) is 12.1 Å². The maximum Gasteiger partial charge on any atom is 0.255 e. The average Bonchev–Trinajstić information content (AvgIpc) is 2.89. The van der Waals surface area contributed by atoms with Crippen molar-refractivity contribution in [3.05, 3.63) is 120 Å². The van der Waals surface area contributed by atoms with Gasteiger partial charge in [-0.05, 0) is 67.1 Å². The third-order valence-corrected chi connectivity index (χ3v) is 6.49. The number of anilines is 2. The van der Waals surface area contributed by atoms with Gasteiger partial charge in [0.1, 0.15) is 16.8 Å². The van der Waals surface area contributed by atoms with Crippen LogP contribution in [0.1, 0.15) is 28.1 Å². The number of carbonyl (C=O) groups is 2. The minimum absolute atomic E-state index is 0.195. The lowest BCUT2D eigenvalue weighted by Gasteiger charge is -2.19. The van der Waals surface area contributed by atoms with Gasteiger partial charge >= 0.3 is 0 Å². The fourth-order valence-electron chi connectivity index (χ4n) is 3.54. The maximum atomic E-state index is 13.5. The topological polar surface area (TPSA) is 67.4 Å². The summed E-state index contributed by atoms with van der Waals surface area (Å²) >= 11 is 1.37. The van der Waals surface area contributed by atoms with E-state index in [1.165, 1.54) is 36.0 Å². The summed E-state index contributed by atoms with van der Waals surface area (Å²) in [4.78, 5) is 26.8. The highest BCUT2D eigenvalue weighted by Gasteiger charge is 2.23. The molecule has 4 aromatic rings. The van der Waals surface area contributed by atoms with E-state index < -0.39 is 11.1 Å². The molecule has 4 rings (SSSR count). The standard InChI is InChI=1S/C29H25FN2O3S/c1-2-35-26-14-7-6-13-25(26)32-29(34)27(20-9-4-3-5-10-20)36-24-12-8-11-23(19-24)31-28(33)21-15-17-22(30)18-16-21/h3-19,27H,2H2,1H3,(H,31,33)(H,32,34). The van der Waals surface area contributed by atoms with Crippen LogP contribution < -0.4 is 15.4 Å². The number of benzene rings is 4. The number of rotatable bonds is 9. The SMILES string of the molecule is CCOc1ccccc1NC(=O)C(Sc1cccc(NC(=O)c2ccc(F)cc2)c1)c1ccccc1. The van der Waals surface area contributed by atoms with Crippen LogP contribution in [-0.2, 0) is 4.79 Å². The second kappa shape index (κ2) is 12.0. The molecule has 182 valence electrons. The van der Waals surface area contributed by atoms with E-state index in [1.807, 2.05) is 73.7 Å².